The van der Waals surface area contributed by atoms with Crippen LogP contribution in [0, 0.1) is 5.92 Å². The molecule has 0 aliphatic heterocycles. The number of amides is 1. The van der Waals surface area contributed by atoms with Crippen LogP contribution in [0.25, 0.3) is 0 Å². The van der Waals surface area contributed by atoms with E-state index >= 15 is 0 Å². The van der Waals surface area contributed by atoms with Crippen molar-refractivity contribution in [1.29, 1.82) is 0 Å². The van der Waals surface area contributed by atoms with Gasteiger partial charge in [-0.1, -0.05) is 13.8 Å². The molecule has 1 amide bonds. The molecule has 96 valence electrons. The summed E-state index contributed by atoms with van der Waals surface area (Å²) in [7, 11) is 0. The highest BCUT2D eigenvalue weighted by molar-refractivity contribution is 5.81. The van der Waals surface area contributed by atoms with Crippen molar-refractivity contribution < 1.29 is 9.53 Å². The maximum absolute atomic E-state index is 11.6. The van der Waals surface area contributed by atoms with E-state index < -0.39 is 0 Å². The molecule has 2 N–H and O–H groups in total. The third-order valence-corrected chi connectivity index (χ3v) is 2.51. The summed E-state index contributed by atoms with van der Waals surface area (Å²) in [6.45, 7) is 12.1. The lowest BCUT2D eigenvalue weighted by atomic mass is 10.0. The number of nitrogens with one attached hydrogen (secondary N) is 2. The number of carbonyl (C=O) groups excluding carboxylic acids is 1. The molecule has 0 spiro atoms. The summed E-state index contributed by atoms with van der Waals surface area (Å²) < 4.78 is 5.40. The molecule has 0 bridgehead atoms. The van der Waals surface area contributed by atoms with Crippen LogP contribution in [-0.2, 0) is 9.53 Å². The first kappa shape index (κ1) is 15.4. The molecule has 2 atom stereocenters. The van der Waals surface area contributed by atoms with Gasteiger partial charge in [0, 0.05) is 19.2 Å². The largest absolute Gasteiger partial charge is 0.380 e. The molecule has 2 unspecified atom stereocenters. The Bertz CT molecular complexity index is 195. The van der Waals surface area contributed by atoms with E-state index in [2.05, 4.69) is 24.5 Å². The lowest BCUT2D eigenvalue weighted by Gasteiger charge is -2.25. The summed E-state index contributed by atoms with van der Waals surface area (Å²) in [5, 5.41) is 6.10. The fourth-order valence-corrected chi connectivity index (χ4v) is 1.40. The maximum Gasteiger partial charge on any atom is 0.236 e. The predicted octanol–water partition coefficient (Wildman–Crippen LogP) is 1.16. The summed E-state index contributed by atoms with van der Waals surface area (Å²) in [4.78, 5) is 11.6. The Morgan fingerprint density at radius 2 is 1.88 bits per heavy atom. The van der Waals surface area contributed by atoms with Crippen molar-refractivity contribution in [3.8, 4) is 0 Å². The van der Waals surface area contributed by atoms with Crippen LogP contribution < -0.4 is 10.6 Å². The molecule has 0 fully saturated rings. The number of hydrogen-bond donors (Lipinski definition) is 2. The number of hydrogen-bond acceptors (Lipinski definition) is 3. The normalized spacial score (nSPS) is 14.9. The first-order valence-electron chi connectivity index (χ1n) is 6.14. The number of rotatable bonds is 8. The molecule has 0 radical (unpaired) electrons. The van der Waals surface area contributed by atoms with Crippen molar-refractivity contribution >= 4 is 5.91 Å². The molecule has 0 rings (SSSR count). The van der Waals surface area contributed by atoms with E-state index in [1.165, 1.54) is 0 Å². The molecule has 0 saturated heterocycles. The van der Waals surface area contributed by atoms with Gasteiger partial charge < -0.3 is 15.4 Å². The number of ether oxygens (including phenoxy) is 1. The fourth-order valence-electron chi connectivity index (χ4n) is 1.40. The van der Waals surface area contributed by atoms with Crippen LogP contribution in [0.4, 0.5) is 0 Å². The Morgan fingerprint density at radius 3 is 2.31 bits per heavy atom. The summed E-state index contributed by atoms with van der Waals surface area (Å²) in [6.07, 6.45) is 0. The lowest BCUT2D eigenvalue weighted by molar-refractivity contribution is -0.123. The molecule has 0 aromatic rings. The molecule has 0 saturated carbocycles. The van der Waals surface area contributed by atoms with Gasteiger partial charge in [-0.15, -0.1) is 0 Å². The van der Waals surface area contributed by atoms with Gasteiger partial charge in [0.1, 0.15) is 0 Å². The van der Waals surface area contributed by atoms with Gasteiger partial charge in [0.2, 0.25) is 5.91 Å². The van der Waals surface area contributed by atoms with E-state index in [4.69, 9.17) is 4.74 Å². The molecule has 4 nitrogen and oxygen atoms in total. The highest BCUT2D eigenvalue weighted by Crippen LogP contribution is 2.03. The molecule has 0 aliphatic rings. The monoisotopic (exact) mass is 230 g/mol. The molecule has 0 heterocycles. The molecular weight excluding hydrogens is 204 g/mol. The van der Waals surface area contributed by atoms with Gasteiger partial charge in [-0.05, 0) is 26.7 Å². The van der Waals surface area contributed by atoms with Gasteiger partial charge >= 0.3 is 0 Å². The smallest absolute Gasteiger partial charge is 0.236 e. The lowest BCUT2D eigenvalue weighted by Crippen LogP contribution is -2.50. The zero-order valence-electron chi connectivity index (χ0n) is 11.2. The Balaban J connectivity index is 4.11. The van der Waals surface area contributed by atoms with Gasteiger partial charge in [0.15, 0.2) is 0 Å². The van der Waals surface area contributed by atoms with E-state index in [1.54, 1.807) is 0 Å². The molecular formula is C12H26N2O2. The van der Waals surface area contributed by atoms with E-state index in [9.17, 15) is 4.79 Å². The minimum Gasteiger partial charge on any atom is -0.380 e. The van der Waals surface area contributed by atoms with Crippen LogP contribution in [0.3, 0.4) is 0 Å². The van der Waals surface area contributed by atoms with E-state index in [-0.39, 0.29) is 18.0 Å². The van der Waals surface area contributed by atoms with E-state index in [0.29, 0.717) is 25.7 Å². The predicted molar refractivity (Wildman–Crippen MR) is 66.4 cm³/mol. The Kier molecular flexibility index (Phi) is 8.21. The van der Waals surface area contributed by atoms with Crippen LogP contribution in [-0.4, -0.2) is 37.7 Å². The molecule has 0 aromatic carbocycles. The number of likely N-dealkylation sites (N-methyl/N-ethyl adjacent to an activating group) is 1. The zero-order chi connectivity index (χ0) is 12.6. The minimum absolute atomic E-state index is 0.0460. The summed E-state index contributed by atoms with van der Waals surface area (Å²) in [6, 6.07) is 0.0466. The van der Waals surface area contributed by atoms with Crippen LogP contribution in [0.2, 0.25) is 0 Å². The minimum atomic E-state index is -0.173. The SMILES string of the molecule is CCNC(=O)C(C)NC(COCC)C(C)C. The van der Waals surface area contributed by atoms with Gasteiger partial charge in [-0.3, -0.25) is 4.79 Å². The van der Waals surface area contributed by atoms with Gasteiger partial charge in [-0.25, -0.2) is 0 Å². The van der Waals surface area contributed by atoms with Crippen molar-refractivity contribution in [2.75, 3.05) is 19.8 Å². The van der Waals surface area contributed by atoms with Crippen molar-refractivity contribution in [1.82, 2.24) is 10.6 Å². The Morgan fingerprint density at radius 1 is 1.25 bits per heavy atom. The zero-order valence-corrected chi connectivity index (χ0v) is 11.2. The van der Waals surface area contributed by atoms with Crippen LogP contribution in [0.5, 0.6) is 0 Å². The molecule has 16 heavy (non-hydrogen) atoms. The topological polar surface area (TPSA) is 50.4 Å². The third-order valence-electron chi connectivity index (χ3n) is 2.51. The fraction of sp³-hybridized carbons (Fsp3) is 0.917. The Labute approximate surface area is 99.1 Å². The first-order chi connectivity index (χ1) is 7.52. The number of carbonyl (C=O) groups is 1. The van der Waals surface area contributed by atoms with Gasteiger partial charge in [-0.2, -0.15) is 0 Å². The van der Waals surface area contributed by atoms with Crippen LogP contribution in [0.15, 0.2) is 0 Å². The molecule has 0 aromatic heterocycles. The van der Waals surface area contributed by atoms with Gasteiger partial charge in [0.25, 0.3) is 0 Å². The first-order valence-corrected chi connectivity index (χ1v) is 6.14. The summed E-state index contributed by atoms with van der Waals surface area (Å²) >= 11 is 0. The highest BCUT2D eigenvalue weighted by atomic mass is 16.5. The maximum atomic E-state index is 11.6. The molecule has 0 aliphatic carbocycles. The quantitative estimate of drug-likeness (QED) is 0.658. The summed E-state index contributed by atoms with van der Waals surface area (Å²) in [5.41, 5.74) is 0. The van der Waals surface area contributed by atoms with Crippen LogP contribution in [0.1, 0.15) is 34.6 Å². The molecule has 4 heteroatoms. The van der Waals surface area contributed by atoms with Crippen molar-refractivity contribution in [2.45, 2.75) is 46.7 Å². The van der Waals surface area contributed by atoms with Crippen molar-refractivity contribution in [3.63, 3.8) is 0 Å². The van der Waals surface area contributed by atoms with Crippen LogP contribution >= 0.6 is 0 Å². The Hall–Kier alpha value is -0.610. The highest BCUT2D eigenvalue weighted by Gasteiger charge is 2.19. The second-order valence-electron chi connectivity index (χ2n) is 4.29. The van der Waals surface area contributed by atoms with E-state index in [1.807, 2.05) is 20.8 Å². The van der Waals surface area contributed by atoms with Gasteiger partial charge in [0.05, 0.1) is 12.6 Å². The second-order valence-corrected chi connectivity index (χ2v) is 4.29. The van der Waals surface area contributed by atoms with Crippen molar-refractivity contribution in [2.24, 2.45) is 5.92 Å². The average Bonchev–Trinajstić information content (AvgIpc) is 2.23. The second kappa shape index (κ2) is 8.53. The third kappa shape index (κ3) is 6.08. The van der Waals surface area contributed by atoms with Crippen molar-refractivity contribution in [3.05, 3.63) is 0 Å². The average molecular weight is 230 g/mol. The standard InChI is InChI=1S/C12H26N2O2/c1-6-13-12(15)10(5)14-11(9(3)4)8-16-7-2/h9-11,14H,6-8H2,1-5H3,(H,13,15). The summed E-state index contributed by atoms with van der Waals surface area (Å²) in [5.74, 6) is 0.494. The van der Waals surface area contributed by atoms with E-state index in [0.717, 1.165) is 0 Å².